The van der Waals surface area contributed by atoms with Crippen molar-refractivity contribution >= 4 is 11.8 Å². The molecule has 0 bridgehead atoms. The van der Waals surface area contributed by atoms with Gasteiger partial charge in [0.15, 0.2) is 11.5 Å². The van der Waals surface area contributed by atoms with E-state index in [1.165, 1.54) is 24.5 Å². The number of aliphatic hydroxyl groups is 3. The summed E-state index contributed by atoms with van der Waals surface area (Å²) in [6, 6.07) is 4.26. The zero-order chi connectivity index (χ0) is 25.8. The topological polar surface area (TPSA) is 142 Å². The predicted octanol–water partition coefficient (Wildman–Crippen LogP) is 1.23. The molecule has 36 heavy (non-hydrogen) atoms. The number of benzene rings is 1. The van der Waals surface area contributed by atoms with Gasteiger partial charge in [0.05, 0.1) is 44.8 Å². The number of furan rings is 1. The molecule has 2 heterocycles. The number of nitrogens with zero attached hydrogens (tertiary/aromatic N) is 1. The number of nitrogens with one attached hydrogen (secondary N) is 1. The molecule has 0 saturated heterocycles. The zero-order valence-electron chi connectivity index (χ0n) is 20.3. The molecule has 0 spiro atoms. The fourth-order valence-corrected chi connectivity index (χ4v) is 4.92. The maximum atomic E-state index is 13.3. The van der Waals surface area contributed by atoms with Crippen molar-refractivity contribution < 1.29 is 38.8 Å². The van der Waals surface area contributed by atoms with Crippen LogP contribution in [-0.4, -0.2) is 70.5 Å². The van der Waals surface area contributed by atoms with Crippen molar-refractivity contribution in [3.05, 3.63) is 59.1 Å². The Morgan fingerprint density at radius 3 is 2.67 bits per heavy atom. The Kier molecular flexibility index (Phi) is 7.97. The largest absolute Gasteiger partial charge is 0.493 e. The number of hydrogen-bond acceptors (Lipinski definition) is 8. The van der Waals surface area contributed by atoms with Crippen LogP contribution in [0.3, 0.4) is 0 Å². The van der Waals surface area contributed by atoms with Gasteiger partial charge >= 0.3 is 0 Å². The number of rotatable bonds is 10. The third-order valence-electron chi connectivity index (χ3n) is 6.57. The molecule has 4 rings (SSSR count). The first-order chi connectivity index (χ1) is 17.4. The van der Waals surface area contributed by atoms with Gasteiger partial charge in [-0.25, -0.2) is 0 Å². The minimum atomic E-state index is -1.16. The smallest absolute Gasteiger partial charge is 0.247 e. The molecule has 0 saturated carbocycles. The Hall–Kier alpha value is -3.34. The van der Waals surface area contributed by atoms with E-state index in [4.69, 9.17) is 13.9 Å². The van der Waals surface area contributed by atoms with Crippen LogP contribution in [0.4, 0.5) is 0 Å². The third kappa shape index (κ3) is 4.84. The van der Waals surface area contributed by atoms with Crippen molar-refractivity contribution in [2.45, 2.75) is 57.1 Å². The van der Waals surface area contributed by atoms with E-state index >= 15 is 0 Å². The molecule has 0 unspecified atom stereocenters. The van der Waals surface area contributed by atoms with Crippen molar-refractivity contribution in [2.75, 3.05) is 20.3 Å². The highest BCUT2D eigenvalue weighted by Crippen LogP contribution is 2.51. The summed E-state index contributed by atoms with van der Waals surface area (Å²) in [7, 11) is 1.47. The van der Waals surface area contributed by atoms with Crippen LogP contribution < -0.4 is 14.8 Å². The van der Waals surface area contributed by atoms with E-state index in [1.54, 1.807) is 24.3 Å². The third-order valence-corrected chi connectivity index (χ3v) is 6.57. The van der Waals surface area contributed by atoms with Gasteiger partial charge in [-0.15, -0.1) is 0 Å². The molecule has 1 aliphatic carbocycles. The Bertz CT molecular complexity index is 1110. The van der Waals surface area contributed by atoms with Crippen LogP contribution in [0, 0.1) is 0 Å². The highest BCUT2D eigenvalue weighted by molar-refractivity contribution is 5.96. The molecule has 2 aliphatic rings. The highest BCUT2D eigenvalue weighted by atomic mass is 16.5. The van der Waals surface area contributed by atoms with E-state index in [1.807, 2.05) is 6.92 Å². The standard InChI is InChI=1S/C26H32N2O8/c1-3-4-21(31)28(12-15-5-8-35-14-15)19-11-18(26(33)27-6-7-29)22-17-9-16(13-30)10-20(34-2)24(17)36-25(22)23(19)32/h5,8-11,14,19,22-23,25,29-30,32H,3-4,6-7,12-13H2,1-2H3,(H,27,33)/t19-,22+,23+,25+/m1/s1. The molecule has 1 aromatic heterocycles. The van der Waals surface area contributed by atoms with Crippen LogP contribution in [-0.2, 0) is 22.7 Å². The summed E-state index contributed by atoms with van der Waals surface area (Å²) >= 11 is 0. The molecule has 1 aromatic carbocycles. The van der Waals surface area contributed by atoms with Crippen LogP contribution in [0.25, 0.3) is 0 Å². The fraction of sp³-hybridized carbons (Fsp3) is 0.462. The van der Waals surface area contributed by atoms with E-state index < -0.39 is 30.1 Å². The Morgan fingerprint density at radius 1 is 1.22 bits per heavy atom. The number of carbonyl (C=O) groups excluding carboxylic acids is 2. The zero-order valence-corrected chi connectivity index (χ0v) is 20.3. The van der Waals surface area contributed by atoms with Gasteiger partial charge in [0.2, 0.25) is 11.8 Å². The number of hydrogen-bond donors (Lipinski definition) is 4. The van der Waals surface area contributed by atoms with E-state index in [0.29, 0.717) is 34.6 Å². The van der Waals surface area contributed by atoms with Crippen molar-refractivity contribution in [1.82, 2.24) is 10.2 Å². The number of methoxy groups -OCH3 is 1. The second-order valence-corrected chi connectivity index (χ2v) is 8.92. The summed E-state index contributed by atoms with van der Waals surface area (Å²) < 4.78 is 16.8. The highest BCUT2D eigenvalue weighted by Gasteiger charge is 2.51. The second-order valence-electron chi connectivity index (χ2n) is 8.92. The minimum absolute atomic E-state index is 0.0436. The van der Waals surface area contributed by atoms with E-state index in [-0.39, 0.29) is 38.6 Å². The minimum Gasteiger partial charge on any atom is -0.493 e. The van der Waals surface area contributed by atoms with Gasteiger partial charge in [0, 0.05) is 36.2 Å². The van der Waals surface area contributed by atoms with Crippen LogP contribution >= 0.6 is 0 Å². The molecule has 194 valence electrons. The number of carbonyl (C=O) groups is 2. The van der Waals surface area contributed by atoms with Gasteiger partial charge in [0.25, 0.3) is 0 Å². The molecule has 1 aliphatic heterocycles. The average molecular weight is 501 g/mol. The first-order valence-electron chi connectivity index (χ1n) is 12.0. The molecule has 2 amide bonds. The summed E-state index contributed by atoms with van der Waals surface area (Å²) in [5, 5.41) is 33.2. The van der Waals surface area contributed by atoms with Gasteiger partial charge in [-0.05, 0) is 36.3 Å². The lowest BCUT2D eigenvalue weighted by Crippen LogP contribution is -2.55. The number of aliphatic hydroxyl groups excluding tert-OH is 3. The molecule has 4 atom stereocenters. The lowest BCUT2D eigenvalue weighted by Gasteiger charge is -2.40. The Morgan fingerprint density at radius 2 is 2.03 bits per heavy atom. The van der Waals surface area contributed by atoms with E-state index in [0.717, 1.165) is 5.56 Å². The number of ether oxygens (including phenoxy) is 2. The maximum Gasteiger partial charge on any atom is 0.247 e. The SMILES string of the molecule is CCCC(=O)N(Cc1ccoc1)[C@@H]1C=C(C(=O)NCCO)[C@@H]2c3cc(CO)cc(OC)c3O[C@@H]2[C@H]1O. The summed E-state index contributed by atoms with van der Waals surface area (Å²) in [5.74, 6) is -0.522. The molecule has 2 aromatic rings. The maximum absolute atomic E-state index is 13.3. The Labute approximate surface area is 209 Å². The fourth-order valence-electron chi connectivity index (χ4n) is 4.92. The van der Waals surface area contributed by atoms with Gasteiger partial charge in [-0.1, -0.05) is 6.92 Å². The monoisotopic (exact) mass is 500 g/mol. The van der Waals surface area contributed by atoms with Crippen LogP contribution in [0.1, 0.15) is 42.4 Å². The van der Waals surface area contributed by atoms with Gasteiger partial charge in [0.1, 0.15) is 12.2 Å². The number of fused-ring (bicyclic) bond motifs is 3. The molecule has 4 N–H and O–H groups in total. The van der Waals surface area contributed by atoms with Crippen molar-refractivity contribution in [2.24, 2.45) is 0 Å². The quantitative estimate of drug-likeness (QED) is 0.382. The van der Waals surface area contributed by atoms with Gasteiger partial charge < -0.3 is 39.4 Å². The van der Waals surface area contributed by atoms with Crippen molar-refractivity contribution in [1.29, 1.82) is 0 Å². The van der Waals surface area contributed by atoms with Crippen molar-refractivity contribution in [3.63, 3.8) is 0 Å². The van der Waals surface area contributed by atoms with Gasteiger partial charge in [-0.3, -0.25) is 9.59 Å². The average Bonchev–Trinajstić information content (AvgIpc) is 3.54. The molecule has 10 heteroatoms. The lowest BCUT2D eigenvalue weighted by atomic mass is 9.77. The molecular formula is C26H32N2O8. The van der Waals surface area contributed by atoms with E-state index in [2.05, 4.69) is 5.32 Å². The Balaban J connectivity index is 1.81. The van der Waals surface area contributed by atoms with Crippen LogP contribution in [0.2, 0.25) is 0 Å². The normalized spacial score (nSPS) is 22.2. The van der Waals surface area contributed by atoms with E-state index in [9.17, 15) is 24.9 Å². The summed E-state index contributed by atoms with van der Waals surface area (Å²) in [4.78, 5) is 28.0. The van der Waals surface area contributed by atoms with Crippen LogP contribution in [0.15, 0.2) is 46.8 Å². The predicted molar refractivity (Wildman–Crippen MR) is 128 cm³/mol. The van der Waals surface area contributed by atoms with Crippen molar-refractivity contribution in [3.8, 4) is 11.5 Å². The first kappa shape index (κ1) is 25.7. The second kappa shape index (κ2) is 11.2. The molecule has 0 fully saturated rings. The lowest BCUT2D eigenvalue weighted by molar-refractivity contribution is -0.138. The summed E-state index contributed by atoms with van der Waals surface area (Å²) in [5.41, 5.74) is 2.23. The summed E-state index contributed by atoms with van der Waals surface area (Å²) in [6.07, 6.45) is 3.50. The van der Waals surface area contributed by atoms with Crippen LogP contribution in [0.5, 0.6) is 11.5 Å². The molecular weight excluding hydrogens is 468 g/mol. The summed E-state index contributed by atoms with van der Waals surface area (Å²) in [6.45, 7) is 1.64. The molecule has 10 nitrogen and oxygen atoms in total. The van der Waals surface area contributed by atoms with Gasteiger partial charge in [-0.2, -0.15) is 0 Å². The number of amides is 2. The molecule has 0 radical (unpaired) electrons. The first-order valence-corrected chi connectivity index (χ1v) is 12.0.